The number of ether oxygens (including phenoxy) is 2. The Balaban J connectivity index is 2.26. The first-order valence-corrected chi connectivity index (χ1v) is 8.20. The predicted molar refractivity (Wildman–Crippen MR) is 80.7 cm³/mol. The third kappa shape index (κ3) is 6.23. The molecular weight excluding hydrogens is 254 g/mol. The van der Waals surface area contributed by atoms with Crippen molar-refractivity contribution in [2.45, 2.75) is 71.4 Å². The highest BCUT2D eigenvalue weighted by molar-refractivity contribution is 5.74. The van der Waals surface area contributed by atoms with Gasteiger partial charge in [-0.3, -0.25) is 4.79 Å². The van der Waals surface area contributed by atoms with Gasteiger partial charge >= 0.3 is 5.97 Å². The first kappa shape index (κ1) is 17.4. The maximum absolute atomic E-state index is 12.2. The van der Waals surface area contributed by atoms with Crippen LogP contribution in [0.4, 0.5) is 0 Å². The molecule has 0 amide bonds. The van der Waals surface area contributed by atoms with Gasteiger partial charge in [0.05, 0.1) is 25.2 Å². The van der Waals surface area contributed by atoms with Crippen LogP contribution in [0, 0.1) is 5.92 Å². The van der Waals surface area contributed by atoms with Gasteiger partial charge in [-0.05, 0) is 32.7 Å². The van der Waals surface area contributed by atoms with E-state index in [-0.39, 0.29) is 24.0 Å². The van der Waals surface area contributed by atoms with E-state index in [1.54, 1.807) is 0 Å². The van der Waals surface area contributed by atoms with E-state index in [9.17, 15) is 4.79 Å². The van der Waals surface area contributed by atoms with Crippen molar-refractivity contribution in [1.82, 2.24) is 5.32 Å². The molecule has 20 heavy (non-hydrogen) atoms. The summed E-state index contributed by atoms with van der Waals surface area (Å²) in [6, 6.07) is 0.120. The molecule has 4 heteroatoms. The van der Waals surface area contributed by atoms with Gasteiger partial charge < -0.3 is 14.8 Å². The van der Waals surface area contributed by atoms with Crippen LogP contribution in [0.1, 0.15) is 59.3 Å². The number of unbranched alkanes of at least 4 members (excludes halogenated alkanes) is 3. The summed E-state index contributed by atoms with van der Waals surface area (Å²) in [6.07, 6.45) is 6.91. The van der Waals surface area contributed by atoms with Gasteiger partial charge in [-0.2, -0.15) is 0 Å². The largest absolute Gasteiger partial charge is 0.462 e. The van der Waals surface area contributed by atoms with Crippen LogP contribution in [-0.4, -0.2) is 37.9 Å². The molecule has 0 aromatic heterocycles. The van der Waals surface area contributed by atoms with Crippen LogP contribution >= 0.6 is 0 Å². The van der Waals surface area contributed by atoms with Crippen molar-refractivity contribution >= 4 is 5.97 Å². The van der Waals surface area contributed by atoms with Gasteiger partial charge in [0.25, 0.3) is 0 Å². The zero-order chi connectivity index (χ0) is 14.8. The van der Waals surface area contributed by atoms with Crippen LogP contribution in [0.3, 0.4) is 0 Å². The quantitative estimate of drug-likeness (QED) is 0.495. The third-order valence-corrected chi connectivity index (χ3v) is 3.82. The minimum absolute atomic E-state index is 0.0202. The van der Waals surface area contributed by atoms with Gasteiger partial charge in [0, 0.05) is 6.04 Å². The topological polar surface area (TPSA) is 47.6 Å². The molecular formula is C16H31NO3. The van der Waals surface area contributed by atoms with E-state index >= 15 is 0 Å². The summed E-state index contributed by atoms with van der Waals surface area (Å²) in [5, 5.41) is 3.37. The lowest BCUT2D eigenvalue weighted by molar-refractivity contribution is -0.154. The Kier molecular flexibility index (Phi) is 8.86. The Morgan fingerprint density at radius 3 is 2.75 bits per heavy atom. The summed E-state index contributed by atoms with van der Waals surface area (Å²) < 4.78 is 11.0. The Labute approximate surface area is 123 Å². The molecule has 0 spiro atoms. The Bertz CT molecular complexity index is 270. The van der Waals surface area contributed by atoms with Crippen molar-refractivity contribution in [3.8, 4) is 0 Å². The second kappa shape index (κ2) is 10.2. The minimum Gasteiger partial charge on any atom is -0.462 e. The van der Waals surface area contributed by atoms with Crippen molar-refractivity contribution in [1.29, 1.82) is 0 Å². The molecule has 1 fully saturated rings. The lowest BCUT2D eigenvalue weighted by atomic mass is 10.0. The second-order valence-corrected chi connectivity index (χ2v) is 5.80. The molecule has 0 radical (unpaired) electrons. The molecule has 1 saturated heterocycles. The predicted octanol–water partition coefficient (Wildman–Crippen LogP) is 2.90. The fourth-order valence-corrected chi connectivity index (χ4v) is 2.52. The van der Waals surface area contributed by atoms with Gasteiger partial charge in [-0.1, -0.05) is 33.1 Å². The van der Waals surface area contributed by atoms with Crippen molar-refractivity contribution in [2.75, 3.05) is 19.8 Å². The van der Waals surface area contributed by atoms with Gasteiger partial charge in [0.15, 0.2) is 0 Å². The molecule has 0 saturated carbocycles. The number of hydrogen-bond acceptors (Lipinski definition) is 4. The number of esters is 1. The zero-order valence-electron chi connectivity index (χ0n) is 13.3. The minimum atomic E-state index is -0.139. The van der Waals surface area contributed by atoms with Crippen LogP contribution in [0.15, 0.2) is 0 Å². The number of hydrogen-bond donors (Lipinski definition) is 1. The summed E-state index contributed by atoms with van der Waals surface area (Å²) in [6.45, 7) is 8.34. The Hall–Kier alpha value is -0.610. The summed E-state index contributed by atoms with van der Waals surface area (Å²) in [7, 11) is 0. The van der Waals surface area contributed by atoms with Crippen molar-refractivity contribution < 1.29 is 14.3 Å². The fourth-order valence-electron chi connectivity index (χ4n) is 2.52. The lowest BCUT2D eigenvalue weighted by Gasteiger charge is -2.20. The maximum atomic E-state index is 12.2. The molecule has 4 nitrogen and oxygen atoms in total. The molecule has 0 aromatic carbocycles. The maximum Gasteiger partial charge on any atom is 0.313 e. The van der Waals surface area contributed by atoms with Crippen LogP contribution < -0.4 is 5.32 Å². The molecule has 1 rings (SSSR count). The zero-order valence-corrected chi connectivity index (χ0v) is 13.3. The van der Waals surface area contributed by atoms with Crippen molar-refractivity contribution in [2.24, 2.45) is 5.92 Å². The van der Waals surface area contributed by atoms with Crippen molar-refractivity contribution in [3.63, 3.8) is 0 Å². The molecule has 1 aliphatic heterocycles. The van der Waals surface area contributed by atoms with Crippen molar-refractivity contribution in [3.05, 3.63) is 0 Å². The normalized spacial score (nSPS) is 23.8. The fraction of sp³-hybridized carbons (Fsp3) is 0.938. The van der Waals surface area contributed by atoms with Crippen LogP contribution in [0.25, 0.3) is 0 Å². The summed E-state index contributed by atoms with van der Waals surface area (Å²) in [5.74, 6) is -0.237. The van der Waals surface area contributed by atoms with E-state index in [0.29, 0.717) is 13.2 Å². The molecule has 118 valence electrons. The Morgan fingerprint density at radius 2 is 2.05 bits per heavy atom. The van der Waals surface area contributed by atoms with Crippen LogP contribution in [0.2, 0.25) is 0 Å². The van der Waals surface area contributed by atoms with Gasteiger partial charge in [-0.25, -0.2) is 0 Å². The standard InChI is InChI=1S/C16H31NO3/c1-4-6-7-8-9-13(3)20-16(18)14-11-19-12-15(14)17-10-5-2/h13-15,17H,4-12H2,1-3H3. The average Bonchev–Trinajstić information content (AvgIpc) is 2.89. The first-order valence-electron chi connectivity index (χ1n) is 8.20. The highest BCUT2D eigenvalue weighted by atomic mass is 16.5. The highest BCUT2D eigenvalue weighted by Crippen LogP contribution is 2.18. The van der Waals surface area contributed by atoms with E-state index in [1.807, 2.05) is 6.92 Å². The molecule has 0 aromatic rings. The molecule has 0 aliphatic carbocycles. The van der Waals surface area contributed by atoms with E-state index in [4.69, 9.17) is 9.47 Å². The number of carbonyl (C=O) groups is 1. The molecule has 3 unspecified atom stereocenters. The highest BCUT2D eigenvalue weighted by Gasteiger charge is 2.35. The SMILES string of the molecule is CCCCCCC(C)OC(=O)C1COCC1NCCC. The third-order valence-electron chi connectivity index (χ3n) is 3.82. The Morgan fingerprint density at radius 1 is 1.25 bits per heavy atom. The molecule has 3 atom stereocenters. The summed E-state index contributed by atoms with van der Waals surface area (Å²) >= 11 is 0. The lowest BCUT2D eigenvalue weighted by Crippen LogP contribution is -2.41. The molecule has 0 bridgehead atoms. The van der Waals surface area contributed by atoms with E-state index < -0.39 is 0 Å². The summed E-state index contributed by atoms with van der Waals surface area (Å²) in [4.78, 5) is 12.2. The molecule has 1 heterocycles. The molecule has 1 N–H and O–H groups in total. The molecule has 1 aliphatic rings. The van der Waals surface area contributed by atoms with Crippen LogP contribution in [-0.2, 0) is 14.3 Å². The number of carbonyl (C=O) groups excluding carboxylic acids is 1. The number of nitrogens with one attached hydrogen (secondary N) is 1. The number of rotatable bonds is 10. The second-order valence-electron chi connectivity index (χ2n) is 5.80. The summed E-state index contributed by atoms with van der Waals surface area (Å²) in [5.41, 5.74) is 0. The van der Waals surface area contributed by atoms with Gasteiger partial charge in [0.2, 0.25) is 0 Å². The van der Waals surface area contributed by atoms with Gasteiger partial charge in [0.1, 0.15) is 0 Å². The van der Waals surface area contributed by atoms with Crippen LogP contribution in [0.5, 0.6) is 0 Å². The van der Waals surface area contributed by atoms with E-state index in [1.165, 1.54) is 19.3 Å². The monoisotopic (exact) mass is 285 g/mol. The van der Waals surface area contributed by atoms with E-state index in [2.05, 4.69) is 19.2 Å². The van der Waals surface area contributed by atoms with E-state index in [0.717, 1.165) is 25.8 Å². The van der Waals surface area contributed by atoms with Gasteiger partial charge in [-0.15, -0.1) is 0 Å². The average molecular weight is 285 g/mol. The smallest absolute Gasteiger partial charge is 0.313 e. The first-order chi connectivity index (χ1) is 9.69.